The molecule has 0 saturated carbocycles. The summed E-state index contributed by atoms with van der Waals surface area (Å²) in [5.41, 5.74) is 3.81. The van der Waals surface area contributed by atoms with E-state index in [1.165, 1.54) is 0 Å². The molecule has 2 N–H and O–H groups in total. The second-order valence-corrected chi connectivity index (χ2v) is 5.18. The van der Waals surface area contributed by atoms with Gasteiger partial charge in [0.25, 0.3) is 0 Å². The summed E-state index contributed by atoms with van der Waals surface area (Å²) in [6.07, 6.45) is 3.48. The van der Waals surface area contributed by atoms with Gasteiger partial charge in [-0.2, -0.15) is 0 Å². The molecular formula is C16H20N4O. The van der Waals surface area contributed by atoms with Crippen LogP contribution in [-0.4, -0.2) is 36.4 Å². The van der Waals surface area contributed by atoms with E-state index in [1.807, 2.05) is 56.3 Å². The zero-order valence-electron chi connectivity index (χ0n) is 12.6. The van der Waals surface area contributed by atoms with Gasteiger partial charge in [-0.1, -0.05) is 0 Å². The number of aryl methyl sites for hydroxylation is 1. The maximum Gasteiger partial charge on any atom is 0.238 e. The third kappa shape index (κ3) is 4.57. The Hall–Kier alpha value is -2.40. The van der Waals surface area contributed by atoms with Crippen molar-refractivity contribution in [3.05, 3.63) is 48.3 Å². The Balaban J connectivity index is 2.05. The van der Waals surface area contributed by atoms with Crippen LogP contribution in [0.2, 0.25) is 0 Å². The Bertz CT molecular complexity index is 611. The maximum atomic E-state index is 11.8. The van der Waals surface area contributed by atoms with E-state index in [2.05, 4.69) is 15.6 Å². The number of hydrogen-bond acceptors (Lipinski definition) is 4. The van der Waals surface area contributed by atoms with Crippen LogP contribution >= 0.6 is 0 Å². The van der Waals surface area contributed by atoms with Crippen LogP contribution in [0.25, 0.3) is 0 Å². The molecule has 0 saturated heterocycles. The van der Waals surface area contributed by atoms with Gasteiger partial charge in [-0.3, -0.25) is 9.78 Å². The summed E-state index contributed by atoms with van der Waals surface area (Å²) in [7, 11) is 3.74. The van der Waals surface area contributed by atoms with Gasteiger partial charge in [-0.15, -0.1) is 0 Å². The molecule has 1 amide bonds. The fourth-order valence-electron chi connectivity index (χ4n) is 1.96. The molecule has 0 fully saturated rings. The van der Waals surface area contributed by atoms with Gasteiger partial charge in [0, 0.05) is 29.5 Å². The number of nitrogens with one attached hydrogen (secondary N) is 2. The SMILES string of the molecule is Cc1cc(Nc2ccncc2)ccc1NC(=O)CN(C)C. The third-order valence-electron chi connectivity index (χ3n) is 2.93. The molecule has 1 aromatic heterocycles. The van der Waals surface area contributed by atoms with E-state index in [9.17, 15) is 4.79 Å². The average molecular weight is 284 g/mol. The Morgan fingerprint density at radius 2 is 1.86 bits per heavy atom. The molecule has 0 bridgehead atoms. The van der Waals surface area contributed by atoms with E-state index < -0.39 is 0 Å². The second-order valence-electron chi connectivity index (χ2n) is 5.18. The van der Waals surface area contributed by atoms with E-state index in [4.69, 9.17) is 0 Å². The number of benzene rings is 1. The molecule has 1 heterocycles. The van der Waals surface area contributed by atoms with E-state index in [-0.39, 0.29) is 5.91 Å². The van der Waals surface area contributed by atoms with Crippen molar-refractivity contribution in [3.8, 4) is 0 Å². The molecule has 5 nitrogen and oxygen atoms in total. The first-order valence-corrected chi connectivity index (χ1v) is 6.77. The van der Waals surface area contributed by atoms with Crippen molar-refractivity contribution in [1.29, 1.82) is 0 Å². The standard InChI is InChI=1S/C16H20N4O/c1-12-10-14(18-13-6-8-17-9-7-13)4-5-15(12)19-16(21)11-20(2)3/h4-10H,11H2,1-3H3,(H,17,18)(H,19,21). The summed E-state index contributed by atoms with van der Waals surface area (Å²) in [6, 6.07) is 9.67. The first kappa shape index (κ1) is 15.0. The van der Waals surface area contributed by atoms with Gasteiger partial charge in [0.2, 0.25) is 5.91 Å². The first-order valence-electron chi connectivity index (χ1n) is 6.77. The Morgan fingerprint density at radius 1 is 1.14 bits per heavy atom. The molecule has 2 rings (SSSR count). The highest BCUT2D eigenvalue weighted by molar-refractivity contribution is 5.93. The molecule has 0 atom stereocenters. The van der Waals surface area contributed by atoms with E-state index in [0.717, 1.165) is 22.6 Å². The molecule has 1 aromatic carbocycles. The average Bonchev–Trinajstić information content (AvgIpc) is 2.42. The molecule has 5 heteroatoms. The van der Waals surface area contributed by atoms with Gasteiger partial charge in [-0.05, 0) is 56.9 Å². The molecular weight excluding hydrogens is 264 g/mol. The largest absolute Gasteiger partial charge is 0.355 e. The van der Waals surface area contributed by atoms with E-state index in [0.29, 0.717) is 6.54 Å². The summed E-state index contributed by atoms with van der Waals surface area (Å²) >= 11 is 0. The monoisotopic (exact) mass is 284 g/mol. The number of anilines is 3. The van der Waals surface area contributed by atoms with Gasteiger partial charge in [-0.25, -0.2) is 0 Å². The van der Waals surface area contributed by atoms with Gasteiger partial charge in [0.1, 0.15) is 0 Å². The molecule has 110 valence electrons. The Kier molecular flexibility index (Phi) is 4.90. The van der Waals surface area contributed by atoms with Gasteiger partial charge in [0.15, 0.2) is 0 Å². The van der Waals surface area contributed by atoms with Crippen molar-refractivity contribution in [2.24, 2.45) is 0 Å². The highest BCUT2D eigenvalue weighted by Gasteiger charge is 2.06. The van der Waals surface area contributed by atoms with Crippen LogP contribution in [0.5, 0.6) is 0 Å². The van der Waals surface area contributed by atoms with Crippen LogP contribution in [-0.2, 0) is 4.79 Å². The number of pyridine rings is 1. The van der Waals surface area contributed by atoms with Crippen molar-refractivity contribution in [3.63, 3.8) is 0 Å². The van der Waals surface area contributed by atoms with Crippen LogP contribution < -0.4 is 10.6 Å². The minimum Gasteiger partial charge on any atom is -0.355 e. The van der Waals surface area contributed by atoms with Gasteiger partial charge < -0.3 is 15.5 Å². The number of aromatic nitrogens is 1. The fourth-order valence-corrected chi connectivity index (χ4v) is 1.96. The van der Waals surface area contributed by atoms with E-state index in [1.54, 1.807) is 12.4 Å². The molecule has 0 radical (unpaired) electrons. The molecule has 0 aliphatic carbocycles. The van der Waals surface area contributed by atoms with Gasteiger partial charge >= 0.3 is 0 Å². The zero-order chi connectivity index (χ0) is 15.2. The quantitative estimate of drug-likeness (QED) is 0.886. The molecule has 2 aromatic rings. The Morgan fingerprint density at radius 3 is 2.48 bits per heavy atom. The molecule has 0 aliphatic rings. The number of carbonyl (C=O) groups excluding carboxylic acids is 1. The minimum atomic E-state index is -0.0158. The second kappa shape index (κ2) is 6.85. The number of nitrogens with zero attached hydrogens (tertiary/aromatic N) is 2. The van der Waals surface area contributed by atoms with Crippen molar-refractivity contribution in [2.75, 3.05) is 31.3 Å². The predicted octanol–water partition coefficient (Wildman–Crippen LogP) is 2.63. The van der Waals surface area contributed by atoms with Crippen molar-refractivity contribution >= 4 is 23.0 Å². The smallest absolute Gasteiger partial charge is 0.238 e. The Labute approximate surface area is 125 Å². The summed E-state index contributed by atoms with van der Waals surface area (Å²) in [5, 5.41) is 6.21. The fraction of sp³-hybridized carbons (Fsp3) is 0.250. The summed E-state index contributed by atoms with van der Waals surface area (Å²) < 4.78 is 0. The lowest BCUT2D eigenvalue weighted by molar-refractivity contribution is -0.116. The molecule has 21 heavy (non-hydrogen) atoms. The van der Waals surface area contributed by atoms with Crippen LogP contribution in [0.15, 0.2) is 42.7 Å². The third-order valence-corrected chi connectivity index (χ3v) is 2.93. The normalized spacial score (nSPS) is 10.5. The van der Waals surface area contributed by atoms with Crippen LogP contribution in [0.4, 0.5) is 17.1 Å². The first-order chi connectivity index (χ1) is 10.0. The highest BCUT2D eigenvalue weighted by Crippen LogP contribution is 2.22. The van der Waals surface area contributed by atoms with Crippen molar-refractivity contribution in [2.45, 2.75) is 6.92 Å². The van der Waals surface area contributed by atoms with E-state index >= 15 is 0 Å². The number of amides is 1. The maximum absolute atomic E-state index is 11.8. The van der Waals surface area contributed by atoms with Crippen molar-refractivity contribution in [1.82, 2.24) is 9.88 Å². The number of rotatable bonds is 5. The predicted molar refractivity (Wildman–Crippen MR) is 85.9 cm³/mol. The summed E-state index contributed by atoms with van der Waals surface area (Å²) in [4.78, 5) is 17.6. The lowest BCUT2D eigenvalue weighted by Crippen LogP contribution is -2.27. The summed E-state index contributed by atoms with van der Waals surface area (Å²) in [6.45, 7) is 2.35. The lowest BCUT2D eigenvalue weighted by atomic mass is 10.1. The lowest BCUT2D eigenvalue weighted by Gasteiger charge is -2.13. The summed E-state index contributed by atoms with van der Waals surface area (Å²) in [5.74, 6) is -0.0158. The highest BCUT2D eigenvalue weighted by atomic mass is 16.2. The molecule has 0 aliphatic heterocycles. The number of carbonyl (C=O) groups is 1. The number of hydrogen-bond donors (Lipinski definition) is 2. The topological polar surface area (TPSA) is 57.3 Å². The number of likely N-dealkylation sites (N-methyl/N-ethyl adjacent to an activating group) is 1. The van der Waals surface area contributed by atoms with Crippen molar-refractivity contribution < 1.29 is 4.79 Å². The van der Waals surface area contributed by atoms with Crippen LogP contribution in [0.3, 0.4) is 0 Å². The zero-order valence-corrected chi connectivity index (χ0v) is 12.6. The van der Waals surface area contributed by atoms with Crippen LogP contribution in [0, 0.1) is 6.92 Å². The molecule has 0 spiro atoms. The van der Waals surface area contributed by atoms with Gasteiger partial charge in [0.05, 0.1) is 6.54 Å². The van der Waals surface area contributed by atoms with Crippen LogP contribution in [0.1, 0.15) is 5.56 Å². The minimum absolute atomic E-state index is 0.0158. The molecule has 0 unspecified atom stereocenters.